The second kappa shape index (κ2) is 4.92. The predicted octanol–water partition coefficient (Wildman–Crippen LogP) is 2.57. The van der Waals surface area contributed by atoms with Crippen molar-refractivity contribution in [2.24, 2.45) is 0 Å². The molecule has 0 radical (unpaired) electrons. The summed E-state index contributed by atoms with van der Waals surface area (Å²) >= 11 is 1.20. The van der Waals surface area contributed by atoms with Crippen LogP contribution in [0.1, 0.15) is 11.1 Å². The van der Waals surface area contributed by atoms with Crippen LogP contribution in [0, 0.1) is 6.92 Å². The van der Waals surface area contributed by atoms with E-state index in [1.54, 1.807) is 6.26 Å². The Balaban J connectivity index is 2.46. The molecule has 1 aromatic rings. The molecule has 0 atom stereocenters. The van der Waals surface area contributed by atoms with Crippen molar-refractivity contribution in [1.82, 2.24) is 5.32 Å². The molecule has 0 bridgehead atoms. The van der Waals surface area contributed by atoms with E-state index in [1.807, 2.05) is 31.2 Å². The van der Waals surface area contributed by atoms with Crippen molar-refractivity contribution in [3.05, 3.63) is 35.4 Å². The van der Waals surface area contributed by atoms with Gasteiger partial charge in [0.25, 0.3) is 5.24 Å². The lowest BCUT2D eigenvalue weighted by molar-refractivity contribution is 0.260. The zero-order chi connectivity index (χ0) is 9.68. The van der Waals surface area contributed by atoms with Gasteiger partial charge in [0.05, 0.1) is 0 Å². The van der Waals surface area contributed by atoms with Gasteiger partial charge in [0.1, 0.15) is 0 Å². The third-order valence-corrected chi connectivity index (χ3v) is 2.26. The van der Waals surface area contributed by atoms with Crippen molar-refractivity contribution in [3.8, 4) is 0 Å². The quantitative estimate of drug-likeness (QED) is 0.785. The standard InChI is InChI=1S/C10H13NOS/c1-8-3-5-9(6-4-8)7-11-10(12)13-2/h3-6H,7H2,1-2H3,(H,11,12). The Morgan fingerprint density at radius 2 is 2.00 bits per heavy atom. The number of nitrogens with one attached hydrogen (secondary N) is 1. The second-order valence-corrected chi connectivity index (χ2v) is 3.61. The molecule has 3 heteroatoms. The minimum absolute atomic E-state index is 0.0144. The Kier molecular flexibility index (Phi) is 3.83. The van der Waals surface area contributed by atoms with E-state index < -0.39 is 0 Å². The van der Waals surface area contributed by atoms with Gasteiger partial charge in [0.2, 0.25) is 0 Å². The van der Waals surface area contributed by atoms with E-state index in [4.69, 9.17) is 0 Å². The van der Waals surface area contributed by atoms with E-state index in [0.29, 0.717) is 6.54 Å². The van der Waals surface area contributed by atoms with Crippen LogP contribution >= 0.6 is 11.8 Å². The molecule has 0 saturated heterocycles. The average molecular weight is 195 g/mol. The zero-order valence-electron chi connectivity index (χ0n) is 7.83. The van der Waals surface area contributed by atoms with Gasteiger partial charge >= 0.3 is 0 Å². The van der Waals surface area contributed by atoms with Crippen molar-refractivity contribution >= 4 is 17.0 Å². The Morgan fingerprint density at radius 3 is 2.54 bits per heavy atom. The molecule has 1 amide bonds. The number of aryl methyl sites for hydroxylation is 1. The van der Waals surface area contributed by atoms with Crippen molar-refractivity contribution < 1.29 is 4.79 Å². The van der Waals surface area contributed by atoms with E-state index in [1.165, 1.54) is 17.3 Å². The zero-order valence-corrected chi connectivity index (χ0v) is 8.65. The minimum atomic E-state index is 0.0144. The summed E-state index contributed by atoms with van der Waals surface area (Å²) in [5.74, 6) is 0. The fraction of sp³-hybridized carbons (Fsp3) is 0.300. The first-order valence-electron chi connectivity index (χ1n) is 4.09. The molecule has 0 unspecified atom stereocenters. The number of hydrogen-bond donors (Lipinski definition) is 1. The highest BCUT2D eigenvalue weighted by Gasteiger charge is 1.96. The lowest BCUT2D eigenvalue weighted by Crippen LogP contribution is -2.17. The minimum Gasteiger partial charge on any atom is -0.343 e. The Labute approximate surface area is 82.7 Å². The Morgan fingerprint density at radius 1 is 1.38 bits per heavy atom. The molecule has 0 aliphatic carbocycles. The highest BCUT2D eigenvalue weighted by molar-refractivity contribution is 8.12. The number of carbonyl (C=O) groups excluding carboxylic acids is 1. The average Bonchev–Trinajstić information content (AvgIpc) is 2.16. The van der Waals surface area contributed by atoms with Crippen molar-refractivity contribution in [2.45, 2.75) is 13.5 Å². The Hall–Kier alpha value is -0.960. The first-order valence-corrected chi connectivity index (χ1v) is 5.32. The highest BCUT2D eigenvalue weighted by Crippen LogP contribution is 2.03. The van der Waals surface area contributed by atoms with Crippen LogP contribution in [0.5, 0.6) is 0 Å². The Bertz CT molecular complexity index is 281. The monoisotopic (exact) mass is 195 g/mol. The summed E-state index contributed by atoms with van der Waals surface area (Å²) in [7, 11) is 0. The van der Waals surface area contributed by atoms with Gasteiger partial charge in [0.15, 0.2) is 0 Å². The van der Waals surface area contributed by atoms with E-state index in [2.05, 4.69) is 5.32 Å². The van der Waals surface area contributed by atoms with Crippen LogP contribution in [0.3, 0.4) is 0 Å². The topological polar surface area (TPSA) is 29.1 Å². The van der Waals surface area contributed by atoms with E-state index >= 15 is 0 Å². The second-order valence-electron chi connectivity index (χ2n) is 2.83. The molecule has 0 aliphatic rings. The lowest BCUT2D eigenvalue weighted by Gasteiger charge is -2.02. The largest absolute Gasteiger partial charge is 0.343 e. The number of rotatable bonds is 2. The summed E-state index contributed by atoms with van der Waals surface area (Å²) in [5, 5.41) is 2.81. The number of carbonyl (C=O) groups is 1. The predicted molar refractivity (Wildman–Crippen MR) is 56.9 cm³/mol. The summed E-state index contributed by atoms with van der Waals surface area (Å²) in [5.41, 5.74) is 2.37. The van der Waals surface area contributed by atoms with E-state index in [0.717, 1.165) is 5.56 Å². The first kappa shape index (κ1) is 10.1. The maximum absolute atomic E-state index is 10.9. The summed E-state index contributed by atoms with van der Waals surface area (Å²) < 4.78 is 0. The lowest BCUT2D eigenvalue weighted by atomic mass is 10.1. The van der Waals surface area contributed by atoms with Crippen LogP contribution in [-0.4, -0.2) is 11.5 Å². The van der Waals surface area contributed by atoms with Gasteiger partial charge in [-0.1, -0.05) is 41.6 Å². The molecule has 70 valence electrons. The maximum Gasteiger partial charge on any atom is 0.279 e. The molecule has 2 nitrogen and oxygen atoms in total. The molecule has 0 fully saturated rings. The van der Waals surface area contributed by atoms with Crippen LogP contribution in [0.4, 0.5) is 4.79 Å². The molecule has 0 spiro atoms. The normalized spacial score (nSPS) is 9.69. The fourth-order valence-electron chi connectivity index (χ4n) is 0.952. The van der Waals surface area contributed by atoms with Crippen molar-refractivity contribution in [3.63, 3.8) is 0 Å². The molecular weight excluding hydrogens is 182 g/mol. The first-order chi connectivity index (χ1) is 6.22. The van der Waals surface area contributed by atoms with Gasteiger partial charge < -0.3 is 5.32 Å². The summed E-state index contributed by atoms with van der Waals surface area (Å²) in [4.78, 5) is 10.9. The molecule has 1 aromatic carbocycles. The molecule has 0 aromatic heterocycles. The molecule has 13 heavy (non-hydrogen) atoms. The molecular formula is C10H13NOS. The number of hydrogen-bond acceptors (Lipinski definition) is 2. The van der Waals surface area contributed by atoms with Gasteiger partial charge in [-0.3, -0.25) is 4.79 Å². The third-order valence-electron chi connectivity index (χ3n) is 1.74. The van der Waals surface area contributed by atoms with Gasteiger partial charge in [-0.2, -0.15) is 0 Å². The molecule has 0 aliphatic heterocycles. The van der Waals surface area contributed by atoms with E-state index in [-0.39, 0.29) is 5.24 Å². The van der Waals surface area contributed by atoms with Gasteiger partial charge in [0, 0.05) is 6.54 Å². The van der Waals surface area contributed by atoms with Crippen LogP contribution in [-0.2, 0) is 6.54 Å². The smallest absolute Gasteiger partial charge is 0.279 e. The molecule has 1 rings (SSSR count). The van der Waals surface area contributed by atoms with Gasteiger partial charge in [-0.05, 0) is 18.7 Å². The number of thioether (sulfide) groups is 1. The number of benzene rings is 1. The van der Waals surface area contributed by atoms with E-state index in [9.17, 15) is 4.79 Å². The fourth-order valence-corrected chi connectivity index (χ4v) is 1.17. The molecule has 1 N–H and O–H groups in total. The summed E-state index contributed by atoms with van der Waals surface area (Å²) in [6, 6.07) is 8.13. The van der Waals surface area contributed by atoms with Crippen LogP contribution in [0.25, 0.3) is 0 Å². The van der Waals surface area contributed by atoms with Crippen LogP contribution < -0.4 is 5.32 Å². The summed E-state index contributed by atoms with van der Waals surface area (Å²) in [6.45, 7) is 2.66. The number of amides is 1. The molecule has 0 heterocycles. The van der Waals surface area contributed by atoms with Gasteiger partial charge in [-0.25, -0.2) is 0 Å². The van der Waals surface area contributed by atoms with Gasteiger partial charge in [-0.15, -0.1) is 0 Å². The van der Waals surface area contributed by atoms with Crippen molar-refractivity contribution in [1.29, 1.82) is 0 Å². The van der Waals surface area contributed by atoms with Crippen LogP contribution in [0.15, 0.2) is 24.3 Å². The SMILES string of the molecule is CSC(=O)NCc1ccc(C)cc1. The summed E-state index contributed by atoms with van der Waals surface area (Å²) in [6.07, 6.45) is 1.77. The third kappa shape index (κ3) is 3.51. The van der Waals surface area contributed by atoms with Crippen LogP contribution in [0.2, 0.25) is 0 Å². The van der Waals surface area contributed by atoms with Crippen molar-refractivity contribution in [2.75, 3.05) is 6.26 Å². The molecule has 0 saturated carbocycles. The highest BCUT2D eigenvalue weighted by atomic mass is 32.2. The maximum atomic E-state index is 10.9.